The minimum atomic E-state index is 0.327. The summed E-state index contributed by atoms with van der Waals surface area (Å²) < 4.78 is 10.8. The lowest BCUT2D eigenvalue weighted by Gasteiger charge is -2.26. The lowest BCUT2D eigenvalue weighted by atomic mass is 10.1. The molecular formula is C15H24N2O2. The van der Waals surface area contributed by atoms with E-state index in [0.717, 1.165) is 45.0 Å². The Bertz CT molecular complexity index is 376. The first-order chi connectivity index (χ1) is 9.33. The second-order valence-corrected chi connectivity index (χ2v) is 4.88. The summed E-state index contributed by atoms with van der Waals surface area (Å²) in [5.41, 5.74) is 1.27. The van der Waals surface area contributed by atoms with Gasteiger partial charge in [-0.05, 0) is 31.2 Å². The van der Waals surface area contributed by atoms with Crippen molar-refractivity contribution in [2.24, 2.45) is 0 Å². The van der Waals surface area contributed by atoms with Gasteiger partial charge in [-0.15, -0.1) is 0 Å². The first-order valence-corrected chi connectivity index (χ1v) is 6.95. The molecule has 0 aromatic heterocycles. The van der Waals surface area contributed by atoms with Crippen LogP contribution in [-0.4, -0.2) is 51.9 Å². The van der Waals surface area contributed by atoms with E-state index in [0.29, 0.717) is 6.04 Å². The van der Waals surface area contributed by atoms with Crippen molar-refractivity contribution in [3.05, 3.63) is 29.8 Å². The predicted octanol–water partition coefficient (Wildman–Crippen LogP) is 1.68. The molecule has 106 valence electrons. The average Bonchev–Trinajstić information content (AvgIpc) is 2.73. The van der Waals surface area contributed by atoms with Gasteiger partial charge in [-0.25, -0.2) is 0 Å². The highest BCUT2D eigenvalue weighted by Gasteiger charge is 2.16. The van der Waals surface area contributed by atoms with Crippen molar-refractivity contribution in [1.29, 1.82) is 0 Å². The Balaban J connectivity index is 2.01. The molecule has 1 saturated heterocycles. The van der Waals surface area contributed by atoms with Crippen LogP contribution in [0.4, 0.5) is 0 Å². The van der Waals surface area contributed by atoms with Crippen molar-refractivity contribution < 1.29 is 9.47 Å². The van der Waals surface area contributed by atoms with Crippen LogP contribution in [-0.2, 0) is 4.74 Å². The highest BCUT2D eigenvalue weighted by Crippen LogP contribution is 2.20. The summed E-state index contributed by atoms with van der Waals surface area (Å²) in [6.45, 7) is 4.87. The zero-order valence-corrected chi connectivity index (χ0v) is 11.9. The van der Waals surface area contributed by atoms with Crippen LogP contribution in [0.15, 0.2) is 24.3 Å². The smallest absolute Gasteiger partial charge is 0.119 e. The standard InChI is InChI=1S/C15H24N2O2/c1-16-15(12-17-7-4-9-19-10-8-17)13-5-3-6-14(11-13)18-2/h3,5-6,11,15-16H,4,7-10,12H2,1-2H3. The van der Waals surface area contributed by atoms with E-state index in [-0.39, 0.29) is 0 Å². The van der Waals surface area contributed by atoms with E-state index in [4.69, 9.17) is 9.47 Å². The summed E-state index contributed by atoms with van der Waals surface area (Å²) in [4.78, 5) is 2.47. The SMILES string of the molecule is CNC(CN1CCCOCC1)c1cccc(OC)c1. The predicted molar refractivity (Wildman–Crippen MR) is 76.7 cm³/mol. The van der Waals surface area contributed by atoms with E-state index in [1.807, 2.05) is 19.2 Å². The molecule has 1 atom stereocenters. The third-order valence-electron chi connectivity index (χ3n) is 3.60. The summed E-state index contributed by atoms with van der Waals surface area (Å²) in [6.07, 6.45) is 1.12. The summed E-state index contributed by atoms with van der Waals surface area (Å²) >= 11 is 0. The highest BCUT2D eigenvalue weighted by molar-refractivity contribution is 5.30. The maximum absolute atomic E-state index is 5.50. The van der Waals surface area contributed by atoms with Crippen molar-refractivity contribution in [3.8, 4) is 5.75 Å². The largest absolute Gasteiger partial charge is 0.497 e. The van der Waals surface area contributed by atoms with Gasteiger partial charge in [0.05, 0.1) is 13.7 Å². The average molecular weight is 264 g/mol. The van der Waals surface area contributed by atoms with Crippen LogP contribution in [0, 0.1) is 0 Å². The van der Waals surface area contributed by atoms with Gasteiger partial charge in [0.2, 0.25) is 0 Å². The van der Waals surface area contributed by atoms with Gasteiger partial charge >= 0.3 is 0 Å². The monoisotopic (exact) mass is 264 g/mol. The molecule has 1 aliphatic rings. The fourth-order valence-electron chi connectivity index (χ4n) is 2.46. The van der Waals surface area contributed by atoms with E-state index in [1.54, 1.807) is 7.11 Å². The fourth-order valence-corrected chi connectivity index (χ4v) is 2.46. The summed E-state index contributed by atoms with van der Waals surface area (Å²) in [6, 6.07) is 8.61. The molecule has 1 unspecified atom stereocenters. The van der Waals surface area contributed by atoms with Crippen LogP contribution < -0.4 is 10.1 Å². The summed E-state index contributed by atoms with van der Waals surface area (Å²) in [5.74, 6) is 0.914. The van der Waals surface area contributed by atoms with Crippen molar-refractivity contribution in [2.75, 3.05) is 47.0 Å². The number of nitrogens with one attached hydrogen (secondary N) is 1. The Morgan fingerprint density at radius 3 is 3.05 bits per heavy atom. The molecular weight excluding hydrogens is 240 g/mol. The molecule has 0 bridgehead atoms. The molecule has 1 aliphatic heterocycles. The molecule has 4 nitrogen and oxygen atoms in total. The fraction of sp³-hybridized carbons (Fsp3) is 0.600. The first kappa shape index (κ1) is 14.3. The van der Waals surface area contributed by atoms with Crippen molar-refractivity contribution in [2.45, 2.75) is 12.5 Å². The van der Waals surface area contributed by atoms with E-state index in [2.05, 4.69) is 22.3 Å². The van der Waals surface area contributed by atoms with E-state index < -0.39 is 0 Å². The molecule has 2 rings (SSSR count). The number of likely N-dealkylation sites (N-methyl/N-ethyl adjacent to an activating group) is 1. The highest BCUT2D eigenvalue weighted by atomic mass is 16.5. The van der Waals surface area contributed by atoms with E-state index in [9.17, 15) is 0 Å². The van der Waals surface area contributed by atoms with Gasteiger partial charge < -0.3 is 14.8 Å². The molecule has 0 amide bonds. The molecule has 1 aromatic rings. The Hall–Kier alpha value is -1.10. The summed E-state index contributed by atoms with van der Waals surface area (Å²) in [5, 5.41) is 3.40. The Morgan fingerprint density at radius 2 is 2.26 bits per heavy atom. The minimum absolute atomic E-state index is 0.327. The zero-order valence-electron chi connectivity index (χ0n) is 11.9. The lowest BCUT2D eigenvalue weighted by molar-refractivity contribution is 0.139. The van der Waals surface area contributed by atoms with E-state index >= 15 is 0 Å². The van der Waals surface area contributed by atoms with Gasteiger partial charge in [0.25, 0.3) is 0 Å². The minimum Gasteiger partial charge on any atom is -0.497 e. The third kappa shape index (κ3) is 4.20. The van der Waals surface area contributed by atoms with Gasteiger partial charge in [0.15, 0.2) is 0 Å². The van der Waals surface area contributed by atoms with Gasteiger partial charge in [-0.1, -0.05) is 12.1 Å². The topological polar surface area (TPSA) is 33.7 Å². The van der Waals surface area contributed by atoms with Crippen LogP contribution >= 0.6 is 0 Å². The number of methoxy groups -OCH3 is 1. The molecule has 0 spiro atoms. The lowest BCUT2D eigenvalue weighted by Crippen LogP contribution is -2.35. The molecule has 0 aliphatic carbocycles. The molecule has 4 heteroatoms. The number of benzene rings is 1. The number of rotatable bonds is 5. The Labute approximate surface area is 115 Å². The molecule has 19 heavy (non-hydrogen) atoms. The van der Waals surface area contributed by atoms with Gasteiger partial charge in [0.1, 0.15) is 5.75 Å². The van der Waals surface area contributed by atoms with Gasteiger partial charge in [0, 0.05) is 32.3 Å². The van der Waals surface area contributed by atoms with Crippen LogP contribution in [0.2, 0.25) is 0 Å². The van der Waals surface area contributed by atoms with Crippen LogP contribution in [0.25, 0.3) is 0 Å². The molecule has 1 heterocycles. The van der Waals surface area contributed by atoms with Gasteiger partial charge in [-0.2, -0.15) is 0 Å². The Kier molecular flexibility index (Phi) is 5.63. The number of ether oxygens (including phenoxy) is 2. The summed E-state index contributed by atoms with van der Waals surface area (Å²) in [7, 11) is 3.72. The maximum Gasteiger partial charge on any atom is 0.119 e. The quantitative estimate of drug-likeness (QED) is 0.877. The Morgan fingerprint density at radius 1 is 1.37 bits per heavy atom. The molecule has 1 fully saturated rings. The van der Waals surface area contributed by atoms with Crippen LogP contribution in [0.1, 0.15) is 18.0 Å². The van der Waals surface area contributed by atoms with Crippen molar-refractivity contribution in [1.82, 2.24) is 10.2 Å². The van der Waals surface area contributed by atoms with E-state index in [1.165, 1.54) is 5.56 Å². The third-order valence-corrected chi connectivity index (χ3v) is 3.60. The number of nitrogens with zero attached hydrogens (tertiary/aromatic N) is 1. The normalized spacial score (nSPS) is 18.8. The number of hydrogen-bond donors (Lipinski definition) is 1. The van der Waals surface area contributed by atoms with Crippen molar-refractivity contribution in [3.63, 3.8) is 0 Å². The molecule has 1 aromatic carbocycles. The second kappa shape index (κ2) is 7.48. The van der Waals surface area contributed by atoms with Crippen LogP contribution in [0.3, 0.4) is 0 Å². The number of hydrogen-bond acceptors (Lipinski definition) is 4. The molecule has 1 N–H and O–H groups in total. The maximum atomic E-state index is 5.50. The van der Waals surface area contributed by atoms with Gasteiger partial charge in [-0.3, -0.25) is 4.90 Å². The zero-order chi connectivity index (χ0) is 13.5. The first-order valence-electron chi connectivity index (χ1n) is 6.95. The molecule has 0 saturated carbocycles. The van der Waals surface area contributed by atoms with Crippen LogP contribution in [0.5, 0.6) is 5.75 Å². The van der Waals surface area contributed by atoms with Crippen molar-refractivity contribution >= 4 is 0 Å². The second-order valence-electron chi connectivity index (χ2n) is 4.88. The molecule has 0 radical (unpaired) electrons.